The summed E-state index contributed by atoms with van der Waals surface area (Å²) in [7, 11) is 0. The van der Waals surface area contributed by atoms with Crippen molar-refractivity contribution in [3.63, 3.8) is 0 Å². The van der Waals surface area contributed by atoms with E-state index in [1.165, 1.54) is 24.4 Å². The number of nitrogens with one attached hydrogen (secondary N) is 2. The van der Waals surface area contributed by atoms with E-state index < -0.39 is 0 Å². The van der Waals surface area contributed by atoms with Gasteiger partial charge in [-0.15, -0.1) is 0 Å². The molecule has 3 rings (SSSR count). The smallest absolute Gasteiger partial charge is 0.269 e. The minimum Gasteiger partial charge on any atom is -0.350 e. The standard InChI is InChI=1S/C23H22FN3O2/c1-16-2-4-18(5-3-16)15-27-22(28)19-11-13-25-21(14-19)23(29)26-12-10-17-6-8-20(24)9-7-17/h2-9,11,13-14H,10,12,15H2,1H3,(H,26,29)(H,27,28). The molecule has 0 bridgehead atoms. The number of nitrogens with zero attached hydrogens (tertiary/aromatic N) is 1. The molecule has 0 radical (unpaired) electrons. The molecule has 1 heterocycles. The van der Waals surface area contributed by atoms with Gasteiger partial charge in [0.2, 0.25) is 0 Å². The van der Waals surface area contributed by atoms with E-state index in [1.54, 1.807) is 18.2 Å². The van der Waals surface area contributed by atoms with E-state index in [-0.39, 0.29) is 23.3 Å². The second-order valence-corrected chi connectivity index (χ2v) is 6.73. The van der Waals surface area contributed by atoms with Gasteiger partial charge in [0, 0.05) is 24.8 Å². The Bertz CT molecular complexity index is 986. The molecule has 0 unspecified atom stereocenters. The van der Waals surface area contributed by atoms with E-state index in [1.807, 2.05) is 31.2 Å². The summed E-state index contributed by atoms with van der Waals surface area (Å²) >= 11 is 0. The van der Waals surface area contributed by atoms with Gasteiger partial charge in [0.1, 0.15) is 11.5 Å². The number of hydrogen-bond donors (Lipinski definition) is 2. The molecule has 0 saturated carbocycles. The van der Waals surface area contributed by atoms with Crippen molar-refractivity contribution in [3.05, 3.63) is 101 Å². The maximum Gasteiger partial charge on any atom is 0.269 e. The average molecular weight is 391 g/mol. The number of aryl methyl sites for hydroxylation is 1. The molecule has 0 atom stereocenters. The summed E-state index contributed by atoms with van der Waals surface area (Å²) in [5.74, 6) is -0.923. The van der Waals surface area contributed by atoms with Crippen LogP contribution >= 0.6 is 0 Å². The molecule has 5 nitrogen and oxygen atoms in total. The molecule has 2 aromatic carbocycles. The first-order chi connectivity index (χ1) is 14.0. The molecule has 0 aliphatic carbocycles. The largest absolute Gasteiger partial charge is 0.350 e. The summed E-state index contributed by atoms with van der Waals surface area (Å²) in [5, 5.41) is 5.61. The van der Waals surface area contributed by atoms with E-state index in [0.717, 1.165) is 16.7 Å². The predicted molar refractivity (Wildman–Crippen MR) is 109 cm³/mol. The van der Waals surface area contributed by atoms with E-state index in [9.17, 15) is 14.0 Å². The van der Waals surface area contributed by atoms with E-state index in [2.05, 4.69) is 15.6 Å². The highest BCUT2D eigenvalue weighted by Crippen LogP contribution is 2.06. The summed E-state index contributed by atoms with van der Waals surface area (Å²) < 4.78 is 12.9. The summed E-state index contributed by atoms with van der Waals surface area (Å²) in [6.07, 6.45) is 2.01. The Morgan fingerprint density at radius 3 is 2.31 bits per heavy atom. The summed E-state index contributed by atoms with van der Waals surface area (Å²) in [4.78, 5) is 28.7. The van der Waals surface area contributed by atoms with Gasteiger partial charge in [0.05, 0.1) is 0 Å². The summed E-state index contributed by atoms with van der Waals surface area (Å²) in [5.41, 5.74) is 3.62. The van der Waals surface area contributed by atoms with Crippen LogP contribution in [0.1, 0.15) is 37.5 Å². The SMILES string of the molecule is Cc1ccc(CNC(=O)c2ccnc(C(=O)NCCc3ccc(F)cc3)c2)cc1. The zero-order valence-corrected chi connectivity index (χ0v) is 16.1. The van der Waals surface area contributed by atoms with Crippen LogP contribution in [-0.4, -0.2) is 23.3 Å². The summed E-state index contributed by atoms with van der Waals surface area (Å²) in [6, 6.07) is 17.1. The molecule has 148 valence electrons. The quantitative estimate of drug-likeness (QED) is 0.648. The highest BCUT2D eigenvalue weighted by molar-refractivity contribution is 5.98. The normalized spacial score (nSPS) is 10.4. The van der Waals surface area contributed by atoms with Crippen molar-refractivity contribution < 1.29 is 14.0 Å². The van der Waals surface area contributed by atoms with Crippen molar-refractivity contribution in [3.8, 4) is 0 Å². The zero-order chi connectivity index (χ0) is 20.6. The Kier molecular flexibility index (Phi) is 6.68. The van der Waals surface area contributed by atoms with Gasteiger partial charge in [-0.05, 0) is 48.7 Å². The average Bonchev–Trinajstić information content (AvgIpc) is 2.74. The monoisotopic (exact) mass is 391 g/mol. The van der Waals surface area contributed by atoms with Gasteiger partial charge in [-0.1, -0.05) is 42.0 Å². The topological polar surface area (TPSA) is 71.1 Å². The molecule has 0 fully saturated rings. The first kappa shape index (κ1) is 20.2. The number of pyridine rings is 1. The van der Waals surface area contributed by atoms with Crippen LogP contribution in [0.3, 0.4) is 0 Å². The summed E-state index contributed by atoms with van der Waals surface area (Å²) in [6.45, 7) is 2.79. The molecule has 3 aromatic rings. The number of benzene rings is 2. The van der Waals surface area contributed by atoms with Gasteiger partial charge >= 0.3 is 0 Å². The van der Waals surface area contributed by atoms with E-state index >= 15 is 0 Å². The van der Waals surface area contributed by atoms with Crippen LogP contribution in [0.4, 0.5) is 4.39 Å². The number of halogens is 1. The Hall–Kier alpha value is -3.54. The third-order valence-electron chi connectivity index (χ3n) is 4.44. The third-order valence-corrected chi connectivity index (χ3v) is 4.44. The lowest BCUT2D eigenvalue weighted by molar-refractivity contribution is 0.0949. The van der Waals surface area contributed by atoms with Crippen LogP contribution < -0.4 is 10.6 Å². The van der Waals surface area contributed by atoms with E-state index in [4.69, 9.17) is 0 Å². The molecular weight excluding hydrogens is 369 g/mol. The molecule has 29 heavy (non-hydrogen) atoms. The maximum absolute atomic E-state index is 12.9. The third kappa shape index (κ3) is 5.97. The second-order valence-electron chi connectivity index (χ2n) is 6.73. The molecule has 0 saturated heterocycles. The minimum atomic E-state index is -0.361. The number of amides is 2. The maximum atomic E-state index is 12.9. The van der Waals surface area contributed by atoms with Crippen LogP contribution in [0.15, 0.2) is 66.9 Å². The van der Waals surface area contributed by atoms with Gasteiger partial charge in [-0.25, -0.2) is 4.39 Å². The number of aromatic nitrogens is 1. The van der Waals surface area contributed by atoms with Crippen LogP contribution in [0.2, 0.25) is 0 Å². The molecule has 2 amide bonds. The van der Waals surface area contributed by atoms with Gasteiger partial charge in [-0.2, -0.15) is 0 Å². The zero-order valence-electron chi connectivity index (χ0n) is 16.1. The van der Waals surface area contributed by atoms with Gasteiger partial charge < -0.3 is 10.6 Å². The lowest BCUT2D eigenvalue weighted by atomic mass is 10.1. The Labute approximate surface area is 169 Å². The lowest BCUT2D eigenvalue weighted by Crippen LogP contribution is -2.27. The molecule has 2 N–H and O–H groups in total. The molecule has 0 aliphatic heterocycles. The van der Waals surface area contributed by atoms with Gasteiger partial charge in [-0.3, -0.25) is 14.6 Å². The fraction of sp³-hybridized carbons (Fsp3) is 0.174. The minimum absolute atomic E-state index is 0.173. The molecule has 0 spiro atoms. The number of hydrogen-bond acceptors (Lipinski definition) is 3. The fourth-order valence-corrected chi connectivity index (χ4v) is 2.75. The van der Waals surface area contributed by atoms with Gasteiger partial charge in [0.25, 0.3) is 11.8 Å². The number of carbonyl (C=O) groups excluding carboxylic acids is 2. The predicted octanol–water partition coefficient (Wildman–Crippen LogP) is 3.43. The highest BCUT2D eigenvalue weighted by atomic mass is 19.1. The molecule has 6 heteroatoms. The first-order valence-electron chi connectivity index (χ1n) is 9.34. The number of rotatable bonds is 7. The van der Waals surface area contributed by atoms with Crippen LogP contribution in [-0.2, 0) is 13.0 Å². The highest BCUT2D eigenvalue weighted by Gasteiger charge is 2.11. The Morgan fingerprint density at radius 2 is 1.59 bits per heavy atom. The Balaban J connectivity index is 1.53. The van der Waals surface area contributed by atoms with Crippen molar-refractivity contribution >= 4 is 11.8 Å². The van der Waals surface area contributed by atoms with Crippen LogP contribution in [0.25, 0.3) is 0 Å². The second kappa shape index (κ2) is 9.59. The van der Waals surface area contributed by atoms with Crippen molar-refractivity contribution in [2.24, 2.45) is 0 Å². The van der Waals surface area contributed by atoms with Crippen molar-refractivity contribution in [1.82, 2.24) is 15.6 Å². The van der Waals surface area contributed by atoms with E-state index in [0.29, 0.717) is 25.1 Å². The Morgan fingerprint density at radius 1 is 0.897 bits per heavy atom. The van der Waals surface area contributed by atoms with Crippen molar-refractivity contribution in [2.45, 2.75) is 19.9 Å². The van der Waals surface area contributed by atoms with Crippen LogP contribution in [0, 0.1) is 12.7 Å². The van der Waals surface area contributed by atoms with Crippen molar-refractivity contribution in [2.75, 3.05) is 6.54 Å². The van der Waals surface area contributed by atoms with Gasteiger partial charge in [0.15, 0.2) is 0 Å². The number of carbonyl (C=O) groups is 2. The fourth-order valence-electron chi connectivity index (χ4n) is 2.75. The van der Waals surface area contributed by atoms with Crippen molar-refractivity contribution in [1.29, 1.82) is 0 Å². The molecule has 1 aromatic heterocycles. The molecular formula is C23H22FN3O2. The van der Waals surface area contributed by atoms with Crippen LogP contribution in [0.5, 0.6) is 0 Å². The lowest BCUT2D eigenvalue weighted by Gasteiger charge is -2.08. The molecule has 0 aliphatic rings. The first-order valence-corrected chi connectivity index (χ1v) is 9.34.